The molecule has 0 aliphatic carbocycles. The lowest BCUT2D eigenvalue weighted by atomic mass is 10.1. The minimum absolute atomic E-state index is 0.155. The zero-order valence-electron chi connectivity index (χ0n) is 9.61. The predicted octanol–water partition coefficient (Wildman–Crippen LogP) is 1.43. The minimum atomic E-state index is -0.989. The second-order valence-corrected chi connectivity index (χ2v) is 3.99. The number of fused-ring (bicyclic) bond motifs is 1. The summed E-state index contributed by atoms with van der Waals surface area (Å²) in [6.45, 7) is 0. The number of imidazole rings is 1. The molecule has 0 aliphatic rings. The third-order valence-electron chi connectivity index (χ3n) is 2.77. The highest BCUT2D eigenvalue weighted by Crippen LogP contribution is 2.20. The van der Waals surface area contributed by atoms with Crippen LogP contribution >= 0.6 is 0 Å². The molecule has 18 heavy (non-hydrogen) atoms. The number of carboxylic acids is 1. The number of aromatic nitrogens is 4. The first-order valence-electron chi connectivity index (χ1n) is 5.34. The van der Waals surface area contributed by atoms with E-state index in [4.69, 9.17) is 5.11 Å². The average molecular weight is 242 g/mol. The van der Waals surface area contributed by atoms with Crippen molar-refractivity contribution in [2.24, 2.45) is 7.05 Å². The predicted molar refractivity (Wildman–Crippen MR) is 64.4 cm³/mol. The van der Waals surface area contributed by atoms with Gasteiger partial charge in [0.05, 0.1) is 12.4 Å². The third kappa shape index (κ3) is 1.55. The van der Waals surface area contributed by atoms with Crippen LogP contribution in [0.1, 0.15) is 10.5 Å². The van der Waals surface area contributed by atoms with Crippen LogP contribution in [0.3, 0.4) is 0 Å². The normalized spacial score (nSPS) is 10.9. The van der Waals surface area contributed by atoms with E-state index in [0.29, 0.717) is 5.65 Å². The van der Waals surface area contributed by atoms with E-state index in [0.717, 1.165) is 11.1 Å². The fourth-order valence-corrected chi connectivity index (χ4v) is 1.89. The molecule has 0 saturated heterocycles. The fourth-order valence-electron chi connectivity index (χ4n) is 1.89. The second kappa shape index (κ2) is 3.69. The van der Waals surface area contributed by atoms with E-state index in [2.05, 4.69) is 10.1 Å². The van der Waals surface area contributed by atoms with Crippen LogP contribution in [-0.2, 0) is 7.05 Å². The highest BCUT2D eigenvalue weighted by Gasteiger charge is 2.11. The van der Waals surface area contributed by atoms with Crippen LogP contribution in [-0.4, -0.2) is 30.2 Å². The average Bonchev–Trinajstić information content (AvgIpc) is 2.93. The maximum atomic E-state index is 11.0. The van der Waals surface area contributed by atoms with Crippen LogP contribution in [0.4, 0.5) is 0 Å². The van der Waals surface area contributed by atoms with Crippen molar-refractivity contribution < 1.29 is 9.90 Å². The molecule has 3 rings (SSSR count). The SMILES string of the molecule is Cn1cc(-c2ccn3c(C(=O)O)cnc3c2)cn1. The van der Waals surface area contributed by atoms with Crippen molar-refractivity contribution in [3.63, 3.8) is 0 Å². The Bertz CT molecular complexity index is 741. The van der Waals surface area contributed by atoms with Gasteiger partial charge in [-0.3, -0.25) is 9.08 Å². The van der Waals surface area contributed by atoms with Gasteiger partial charge in [0, 0.05) is 25.0 Å². The molecule has 0 spiro atoms. The molecule has 3 heterocycles. The molecule has 0 unspecified atom stereocenters. The van der Waals surface area contributed by atoms with Crippen LogP contribution < -0.4 is 0 Å². The van der Waals surface area contributed by atoms with Gasteiger partial charge in [0.2, 0.25) is 0 Å². The molecule has 6 heteroatoms. The van der Waals surface area contributed by atoms with Crippen LogP contribution in [0.25, 0.3) is 16.8 Å². The van der Waals surface area contributed by atoms with E-state index in [1.54, 1.807) is 21.5 Å². The Hall–Kier alpha value is -2.63. The zero-order chi connectivity index (χ0) is 12.7. The number of rotatable bonds is 2. The number of hydrogen-bond donors (Lipinski definition) is 1. The Morgan fingerprint density at radius 3 is 2.83 bits per heavy atom. The summed E-state index contributed by atoms with van der Waals surface area (Å²) in [5.74, 6) is -0.989. The molecule has 0 amide bonds. The topological polar surface area (TPSA) is 72.4 Å². The molecule has 90 valence electrons. The number of aromatic carboxylic acids is 1. The highest BCUT2D eigenvalue weighted by atomic mass is 16.4. The van der Waals surface area contributed by atoms with E-state index in [1.165, 1.54) is 6.20 Å². The molecule has 0 aliphatic heterocycles. The molecule has 6 nitrogen and oxygen atoms in total. The highest BCUT2D eigenvalue weighted by molar-refractivity contribution is 5.86. The molecule has 3 aromatic rings. The summed E-state index contributed by atoms with van der Waals surface area (Å²) >= 11 is 0. The molecule has 0 saturated carbocycles. The van der Waals surface area contributed by atoms with Gasteiger partial charge < -0.3 is 5.11 Å². The number of carboxylic acid groups (broad SMARTS) is 1. The molecule has 3 aromatic heterocycles. The van der Waals surface area contributed by atoms with Gasteiger partial charge in [-0.2, -0.15) is 5.10 Å². The Labute approximate surface area is 102 Å². The summed E-state index contributed by atoms with van der Waals surface area (Å²) in [4.78, 5) is 15.0. The van der Waals surface area contributed by atoms with Crippen molar-refractivity contribution in [2.75, 3.05) is 0 Å². The number of aryl methyl sites for hydroxylation is 1. The van der Waals surface area contributed by atoms with Gasteiger partial charge in [-0.25, -0.2) is 9.78 Å². The summed E-state index contributed by atoms with van der Waals surface area (Å²) in [5, 5.41) is 13.1. The number of hydrogen-bond acceptors (Lipinski definition) is 3. The first-order chi connectivity index (χ1) is 8.65. The zero-order valence-corrected chi connectivity index (χ0v) is 9.61. The van der Waals surface area contributed by atoms with Crippen molar-refractivity contribution in [3.8, 4) is 11.1 Å². The van der Waals surface area contributed by atoms with Crippen molar-refractivity contribution in [1.82, 2.24) is 19.2 Å². The van der Waals surface area contributed by atoms with Gasteiger partial charge in [0.25, 0.3) is 0 Å². The molecular weight excluding hydrogens is 232 g/mol. The lowest BCUT2D eigenvalue weighted by molar-refractivity contribution is 0.0689. The van der Waals surface area contributed by atoms with Gasteiger partial charge in [0.15, 0.2) is 5.69 Å². The summed E-state index contributed by atoms with van der Waals surface area (Å²) < 4.78 is 3.26. The van der Waals surface area contributed by atoms with Gasteiger partial charge in [-0.1, -0.05) is 0 Å². The van der Waals surface area contributed by atoms with E-state index in [-0.39, 0.29) is 5.69 Å². The summed E-state index contributed by atoms with van der Waals surface area (Å²) in [6, 6.07) is 3.68. The Morgan fingerprint density at radius 2 is 2.17 bits per heavy atom. The first-order valence-corrected chi connectivity index (χ1v) is 5.34. The van der Waals surface area contributed by atoms with E-state index < -0.39 is 5.97 Å². The van der Waals surface area contributed by atoms with Gasteiger partial charge in [-0.05, 0) is 17.7 Å². The Kier molecular flexibility index (Phi) is 2.16. The van der Waals surface area contributed by atoms with Gasteiger partial charge in [0.1, 0.15) is 5.65 Å². The van der Waals surface area contributed by atoms with Crippen LogP contribution in [0, 0.1) is 0 Å². The summed E-state index contributed by atoms with van der Waals surface area (Å²) in [6.07, 6.45) is 6.71. The molecular formula is C12H10N4O2. The number of carbonyl (C=O) groups is 1. The van der Waals surface area contributed by atoms with E-state index in [9.17, 15) is 4.79 Å². The van der Waals surface area contributed by atoms with E-state index >= 15 is 0 Å². The lowest BCUT2D eigenvalue weighted by Gasteiger charge is -2.00. The molecule has 0 atom stereocenters. The Morgan fingerprint density at radius 1 is 1.33 bits per heavy atom. The minimum Gasteiger partial charge on any atom is -0.477 e. The Balaban J connectivity index is 2.15. The molecule has 0 bridgehead atoms. The maximum Gasteiger partial charge on any atom is 0.354 e. The van der Waals surface area contributed by atoms with Gasteiger partial charge >= 0.3 is 5.97 Å². The third-order valence-corrected chi connectivity index (χ3v) is 2.77. The van der Waals surface area contributed by atoms with Crippen molar-refractivity contribution in [3.05, 3.63) is 42.6 Å². The summed E-state index contributed by atoms with van der Waals surface area (Å²) in [5.41, 5.74) is 2.69. The first kappa shape index (κ1) is 10.5. The number of nitrogens with zero attached hydrogens (tertiary/aromatic N) is 4. The fraction of sp³-hybridized carbons (Fsp3) is 0.0833. The quantitative estimate of drug-likeness (QED) is 0.737. The monoisotopic (exact) mass is 242 g/mol. The maximum absolute atomic E-state index is 11.0. The molecule has 0 radical (unpaired) electrons. The second-order valence-electron chi connectivity index (χ2n) is 3.99. The molecule has 0 fully saturated rings. The lowest BCUT2D eigenvalue weighted by Crippen LogP contribution is -2.00. The standard InChI is InChI=1S/C12H10N4O2/c1-15-7-9(5-14-15)8-2-3-16-10(12(17)18)6-13-11(16)4-8/h2-7H,1H3,(H,17,18). The van der Waals surface area contributed by atoms with Crippen LogP contribution in [0.5, 0.6) is 0 Å². The van der Waals surface area contributed by atoms with E-state index in [1.807, 2.05) is 25.4 Å². The molecule has 1 N–H and O–H groups in total. The van der Waals surface area contributed by atoms with Crippen molar-refractivity contribution in [1.29, 1.82) is 0 Å². The largest absolute Gasteiger partial charge is 0.477 e. The smallest absolute Gasteiger partial charge is 0.354 e. The molecule has 0 aromatic carbocycles. The van der Waals surface area contributed by atoms with Crippen molar-refractivity contribution in [2.45, 2.75) is 0 Å². The summed E-state index contributed by atoms with van der Waals surface area (Å²) in [7, 11) is 1.85. The number of pyridine rings is 1. The van der Waals surface area contributed by atoms with Crippen molar-refractivity contribution >= 4 is 11.6 Å². The van der Waals surface area contributed by atoms with Crippen LogP contribution in [0.15, 0.2) is 36.9 Å². The van der Waals surface area contributed by atoms with Crippen LogP contribution in [0.2, 0.25) is 0 Å². The van der Waals surface area contributed by atoms with Gasteiger partial charge in [-0.15, -0.1) is 0 Å².